The van der Waals surface area contributed by atoms with Crippen molar-refractivity contribution in [2.45, 2.75) is 45.8 Å². The highest BCUT2D eigenvalue weighted by Crippen LogP contribution is 2.50. The number of benzene rings is 4. The number of hydrogen-bond acceptors (Lipinski definition) is 3. The Balaban J connectivity index is 1.17. The molecule has 0 radical (unpaired) electrons. The lowest BCUT2D eigenvalue weighted by Crippen LogP contribution is -2.29. The maximum absolute atomic E-state index is 6.19. The fourth-order valence-corrected chi connectivity index (χ4v) is 5.99. The summed E-state index contributed by atoms with van der Waals surface area (Å²) in [4.78, 5) is 4.78. The van der Waals surface area contributed by atoms with Gasteiger partial charge in [0, 0.05) is 23.4 Å². The molecule has 3 heteroatoms. The quantitative estimate of drug-likeness (QED) is 0.213. The Morgan fingerprint density at radius 3 is 2.47 bits per heavy atom. The Hall–Kier alpha value is -4.11. The van der Waals surface area contributed by atoms with Gasteiger partial charge in [0.05, 0.1) is 11.7 Å². The minimum Gasteiger partial charge on any atom is -0.488 e. The van der Waals surface area contributed by atoms with Crippen molar-refractivity contribution in [1.82, 2.24) is 0 Å². The zero-order chi connectivity index (χ0) is 26.1. The van der Waals surface area contributed by atoms with Crippen LogP contribution in [0.25, 0.3) is 0 Å². The first kappa shape index (κ1) is 24.2. The lowest BCUT2D eigenvalue weighted by atomic mass is 9.76. The van der Waals surface area contributed by atoms with Crippen LogP contribution in [0.3, 0.4) is 0 Å². The number of allylic oxidation sites excluding steroid dienone is 2. The second-order valence-corrected chi connectivity index (χ2v) is 10.7. The molecule has 4 aromatic rings. The standard InChI is InChI=1S/C35H34N2O/c1-23-11-16-33-32(20-23)30-8-6-9-31(30)35(37-33)27-12-14-29(15-13-27)36-21-28-7-4-5-10-34(28)38-22-26-18-24(2)17-25(3)19-26/h4-8,10-21,30-31,35,37H,9,22H2,1-3H3/t30-,31+,35-/m0/s1. The van der Waals surface area contributed by atoms with Crippen LogP contribution in [-0.2, 0) is 6.61 Å². The van der Waals surface area contributed by atoms with Crippen LogP contribution in [0.15, 0.2) is 102 Å². The summed E-state index contributed by atoms with van der Waals surface area (Å²) in [5.74, 6) is 1.86. The number of aryl methyl sites for hydroxylation is 3. The molecule has 0 spiro atoms. The maximum atomic E-state index is 6.19. The Bertz CT molecular complexity index is 1500. The zero-order valence-electron chi connectivity index (χ0n) is 22.3. The van der Waals surface area contributed by atoms with Crippen LogP contribution < -0.4 is 10.1 Å². The first-order valence-corrected chi connectivity index (χ1v) is 13.5. The highest BCUT2D eigenvalue weighted by Gasteiger charge is 2.37. The van der Waals surface area contributed by atoms with E-state index in [-0.39, 0.29) is 0 Å². The SMILES string of the molecule is Cc1cc(C)cc(COc2ccccc2C=Nc2ccc([C@@H]3Nc4ccc(C)cc4[C@H]4C=CC[C@H]43)cc2)c1. The van der Waals surface area contributed by atoms with Crippen molar-refractivity contribution < 1.29 is 4.74 Å². The van der Waals surface area contributed by atoms with Gasteiger partial charge in [-0.2, -0.15) is 0 Å². The van der Waals surface area contributed by atoms with Gasteiger partial charge in [0.15, 0.2) is 0 Å². The van der Waals surface area contributed by atoms with Crippen molar-refractivity contribution in [2.75, 3.05) is 5.32 Å². The molecule has 1 aliphatic carbocycles. The predicted molar refractivity (Wildman–Crippen MR) is 158 cm³/mol. The largest absolute Gasteiger partial charge is 0.488 e. The number of hydrogen-bond donors (Lipinski definition) is 1. The number of fused-ring (bicyclic) bond motifs is 3. The normalized spacial score (nSPS) is 19.7. The molecule has 0 bridgehead atoms. The summed E-state index contributed by atoms with van der Waals surface area (Å²) in [6.45, 7) is 6.95. The molecule has 4 aromatic carbocycles. The highest BCUT2D eigenvalue weighted by molar-refractivity contribution is 5.85. The summed E-state index contributed by atoms with van der Waals surface area (Å²) >= 11 is 0. The average Bonchev–Trinajstić information content (AvgIpc) is 3.41. The molecular formula is C35H34N2O. The van der Waals surface area contributed by atoms with Crippen LogP contribution in [0.5, 0.6) is 5.75 Å². The molecule has 0 amide bonds. The van der Waals surface area contributed by atoms with Gasteiger partial charge in [-0.25, -0.2) is 0 Å². The number of nitrogens with zero attached hydrogens (tertiary/aromatic N) is 1. The molecule has 3 nitrogen and oxygen atoms in total. The van der Waals surface area contributed by atoms with Crippen LogP contribution in [0.1, 0.15) is 57.3 Å². The Labute approximate surface area is 225 Å². The van der Waals surface area contributed by atoms with Gasteiger partial charge in [-0.15, -0.1) is 0 Å². The number of para-hydroxylation sites is 1. The molecule has 3 atom stereocenters. The second-order valence-electron chi connectivity index (χ2n) is 10.7. The van der Waals surface area contributed by atoms with Crippen LogP contribution >= 0.6 is 0 Å². The maximum Gasteiger partial charge on any atom is 0.128 e. The van der Waals surface area contributed by atoms with Crippen molar-refractivity contribution >= 4 is 17.6 Å². The molecule has 0 unspecified atom stereocenters. The Morgan fingerprint density at radius 2 is 1.66 bits per heavy atom. The molecule has 1 aliphatic heterocycles. The van der Waals surface area contributed by atoms with Crippen molar-refractivity contribution in [3.05, 3.63) is 136 Å². The van der Waals surface area contributed by atoms with E-state index in [1.807, 2.05) is 30.5 Å². The first-order chi connectivity index (χ1) is 18.5. The Kier molecular flexibility index (Phi) is 6.59. The van der Waals surface area contributed by atoms with Gasteiger partial charge >= 0.3 is 0 Å². The van der Waals surface area contributed by atoms with Crippen molar-refractivity contribution in [3.63, 3.8) is 0 Å². The van der Waals surface area contributed by atoms with E-state index in [1.54, 1.807) is 0 Å². The van der Waals surface area contributed by atoms with Gasteiger partial charge in [-0.3, -0.25) is 4.99 Å². The van der Waals surface area contributed by atoms with E-state index >= 15 is 0 Å². The summed E-state index contributed by atoms with van der Waals surface area (Å²) < 4.78 is 6.19. The third-order valence-corrected chi connectivity index (χ3v) is 7.72. The molecule has 38 heavy (non-hydrogen) atoms. The fourth-order valence-electron chi connectivity index (χ4n) is 5.99. The first-order valence-electron chi connectivity index (χ1n) is 13.5. The van der Waals surface area contributed by atoms with Crippen molar-refractivity contribution in [1.29, 1.82) is 0 Å². The average molecular weight is 499 g/mol. The van der Waals surface area contributed by atoms with E-state index in [0.29, 0.717) is 24.5 Å². The number of rotatable bonds is 6. The van der Waals surface area contributed by atoms with E-state index in [9.17, 15) is 0 Å². The van der Waals surface area contributed by atoms with Gasteiger partial charge in [0.1, 0.15) is 12.4 Å². The summed E-state index contributed by atoms with van der Waals surface area (Å²) in [6, 6.07) is 30.4. The summed E-state index contributed by atoms with van der Waals surface area (Å²) in [5, 5.41) is 3.84. The van der Waals surface area contributed by atoms with Crippen LogP contribution in [0, 0.1) is 26.7 Å². The van der Waals surface area contributed by atoms with Gasteiger partial charge in [0.2, 0.25) is 0 Å². The number of ether oxygens (including phenoxy) is 1. The predicted octanol–water partition coefficient (Wildman–Crippen LogP) is 8.77. The minimum atomic E-state index is 0.294. The molecule has 0 saturated heterocycles. The number of anilines is 1. The minimum absolute atomic E-state index is 0.294. The lowest BCUT2D eigenvalue weighted by molar-refractivity contribution is 0.305. The molecule has 0 saturated carbocycles. The number of aliphatic imine (C=N–C) groups is 1. The van der Waals surface area contributed by atoms with Gasteiger partial charge < -0.3 is 10.1 Å². The fraction of sp³-hybridized carbons (Fsp3) is 0.229. The molecule has 6 rings (SSSR count). The lowest BCUT2D eigenvalue weighted by Gasteiger charge is -2.37. The van der Waals surface area contributed by atoms with E-state index in [4.69, 9.17) is 9.73 Å². The highest BCUT2D eigenvalue weighted by atomic mass is 16.5. The molecule has 0 aromatic heterocycles. The number of nitrogens with one attached hydrogen (secondary N) is 1. The molecule has 0 fully saturated rings. The Morgan fingerprint density at radius 1 is 0.868 bits per heavy atom. The monoisotopic (exact) mass is 498 g/mol. The van der Waals surface area contributed by atoms with Crippen LogP contribution in [-0.4, -0.2) is 6.21 Å². The molecular weight excluding hydrogens is 464 g/mol. The van der Waals surface area contributed by atoms with Gasteiger partial charge in [-0.05, 0) is 80.1 Å². The molecule has 1 heterocycles. The van der Waals surface area contributed by atoms with E-state index in [1.165, 1.54) is 39.1 Å². The summed E-state index contributed by atoms with van der Waals surface area (Å²) in [5.41, 5.74) is 10.9. The topological polar surface area (TPSA) is 33.6 Å². The summed E-state index contributed by atoms with van der Waals surface area (Å²) in [7, 11) is 0. The zero-order valence-corrected chi connectivity index (χ0v) is 22.3. The van der Waals surface area contributed by atoms with Crippen molar-refractivity contribution in [3.8, 4) is 5.75 Å². The molecule has 190 valence electrons. The van der Waals surface area contributed by atoms with Crippen molar-refractivity contribution in [2.24, 2.45) is 10.9 Å². The van der Waals surface area contributed by atoms with Crippen LogP contribution in [0.4, 0.5) is 11.4 Å². The smallest absolute Gasteiger partial charge is 0.128 e. The van der Waals surface area contributed by atoms with E-state index in [0.717, 1.165) is 23.4 Å². The molecule has 1 N–H and O–H groups in total. The molecule has 2 aliphatic rings. The van der Waals surface area contributed by atoms with Gasteiger partial charge in [0.25, 0.3) is 0 Å². The van der Waals surface area contributed by atoms with Gasteiger partial charge in [-0.1, -0.05) is 83.4 Å². The summed E-state index contributed by atoms with van der Waals surface area (Å²) in [6.07, 6.45) is 7.75. The van der Waals surface area contributed by atoms with E-state index < -0.39 is 0 Å². The second kappa shape index (κ2) is 10.3. The third-order valence-electron chi connectivity index (χ3n) is 7.72. The van der Waals surface area contributed by atoms with E-state index in [2.05, 4.69) is 98.9 Å². The van der Waals surface area contributed by atoms with Crippen LogP contribution in [0.2, 0.25) is 0 Å². The third kappa shape index (κ3) is 5.02.